The van der Waals surface area contributed by atoms with Crippen molar-refractivity contribution in [2.75, 3.05) is 0 Å². The Morgan fingerprint density at radius 3 is 1.75 bits per heavy atom. The molecule has 0 fully saturated rings. The second-order valence-electron chi connectivity index (χ2n) is 6.41. The van der Waals surface area contributed by atoms with Gasteiger partial charge < -0.3 is 0 Å². The van der Waals surface area contributed by atoms with Crippen LogP contribution in [0.2, 0.25) is 0 Å². The number of aryl methyl sites for hydroxylation is 3. The molecular formula is C19H14F9. The molecule has 0 spiro atoms. The first kappa shape index (κ1) is 22.1. The minimum absolute atomic E-state index is 0.101. The van der Waals surface area contributed by atoms with Crippen molar-refractivity contribution in [3.05, 3.63) is 58.7 Å². The lowest BCUT2D eigenvalue weighted by Gasteiger charge is -2.37. The highest BCUT2D eigenvalue weighted by Crippen LogP contribution is 2.60. The maximum Gasteiger partial charge on any atom is 0.457 e. The molecule has 0 saturated carbocycles. The van der Waals surface area contributed by atoms with Crippen molar-refractivity contribution in [3.8, 4) is 11.1 Å². The third-order valence-electron chi connectivity index (χ3n) is 4.35. The zero-order valence-corrected chi connectivity index (χ0v) is 14.8. The average Bonchev–Trinajstić information content (AvgIpc) is 2.52. The van der Waals surface area contributed by atoms with Crippen molar-refractivity contribution in [1.82, 2.24) is 0 Å². The fraction of sp³-hybridized carbons (Fsp3) is 0.368. The van der Waals surface area contributed by atoms with Gasteiger partial charge in [0.25, 0.3) is 0 Å². The van der Waals surface area contributed by atoms with Crippen LogP contribution in [0.4, 0.5) is 39.5 Å². The summed E-state index contributed by atoms with van der Waals surface area (Å²) in [5, 5.41) is 0. The lowest BCUT2D eigenvalue weighted by atomic mass is 9.79. The summed E-state index contributed by atoms with van der Waals surface area (Å²) in [7, 11) is 0. The van der Waals surface area contributed by atoms with Crippen molar-refractivity contribution in [3.63, 3.8) is 0 Å². The zero-order chi connectivity index (χ0) is 21.7. The van der Waals surface area contributed by atoms with Crippen LogP contribution >= 0.6 is 0 Å². The largest absolute Gasteiger partial charge is 0.457 e. The van der Waals surface area contributed by atoms with E-state index in [0.717, 1.165) is 6.92 Å². The minimum Gasteiger partial charge on any atom is -0.221 e. The summed E-state index contributed by atoms with van der Waals surface area (Å²) in [5.41, 5.74) is -8.74. The Balaban J connectivity index is 3.04. The highest BCUT2D eigenvalue weighted by atomic mass is 19.4. The molecule has 1 unspecified atom stereocenters. The van der Waals surface area contributed by atoms with Crippen molar-refractivity contribution in [2.24, 2.45) is 0 Å². The molecule has 2 aromatic rings. The normalized spacial score (nSPS) is 15.4. The molecule has 2 aromatic carbocycles. The standard InChI is InChI=1S/C19H14F9/c1-10-8-12(3)15(13-7-5-4-6-11(13)2)14(9-10)16(20,18(23,24)25)17(21,22)19(26,27)28/h4-7,9H,1-3H3. The van der Waals surface area contributed by atoms with E-state index in [4.69, 9.17) is 0 Å². The van der Waals surface area contributed by atoms with Crippen molar-refractivity contribution < 1.29 is 39.5 Å². The summed E-state index contributed by atoms with van der Waals surface area (Å²) < 4.78 is 122. The van der Waals surface area contributed by atoms with Crippen molar-refractivity contribution in [2.45, 2.75) is 44.7 Å². The zero-order valence-electron chi connectivity index (χ0n) is 14.8. The maximum atomic E-state index is 15.1. The molecule has 0 amide bonds. The van der Waals surface area contributed by atoms with Crippen LogP contribution in [0.5, 0.6) is 0 Å². The van der Waals surface area contributed by atoms with E-state index in [1.807, 2.05) is 0 Å². The quantitative estimate of drug-likeness (QED) is 0.475. The lowest BCUT2D eigenvalue weighted by Crippen LogP contribution is -2.60. The van der Waals surface area contributed by atoms with E-state index in [1.165, 1.54) is 38.1 Å². The van der Waals surface area contributed by atoms with E-state index in [-0.39, 0.29) is 22.3 Å². The molecular weight excluding hydrogens is 399 g/mol. The van der Waals surface area contributed by atoms with Gasteiger partial charge in [-0.1, -0.05) is 30.3 Å². The third kappa shape index (κ3) is 3.24. The molecule has 0 aliphatic carbocycles. The van der Waals surface area contributed by atoms with Gasteiger partial charge in [0, 0.05) is 5.56 Å². The van der Waals surface area contributed by atoms with E-state index < -0.39 is 35.1 Å². The van der Waals surface area contributed by atoms with E-state index >= 15 is 4.39 Å². The first-order valence-electron chi connectivity index (χ1n) is 7.86. The van der Waals surface area contributed by atoms with Gasteiger partial charge in [0.1, 0.15) is 0 Å². The second-order valence-corrected chi connectivity index (χ2v) is 6.41. The Morgan fingerprint density at radius 2 is 1.29 bits per heavy atom. The van der Waals surface area contributed by atoms with Crippen LogP contribution in [0.1, 0.15) is 22.3 Å². The van der Waals surface area contributed by atoms with Gasteiger partial charge in [-0.25, -0.2) is 4.39 Å². The second kappa shape index (κ2) is 6.70. The molecule has 1 atom stereocenters. The van der Waals surface area contributed by atoms with Gasteiger partial charge in [0.15, 0.2) is 0 Å². The Bertz CT molecular complexity index is 878. The maximum absolute atomic E-state index is 15.1. The van der Waals surface area contributed by atoms with Crippen molar-refractivity contribution in [1.29, 1.82) is 0 Å². The molecule has 0 N–H and O–H groups in total. The number of hydrogen-bond donors (Lipinski definition) is 0. The van der Waals surface area contributed by atoms with Crippen molar-refractivity contribution >= 4 is 0 Å². The number of halogens is 9. The first-order chi connectivity index (χ1) is 12.6. The third-order valence-corrected chi connectivity index (χ3v) is 4.35. The van der Waals surface area contributed by atoms with Gasteiger partial charge in [-0.15, -0.1) is 0 Å². The Kier molecular flexibility index (Phi) is 5.29. The molecule has 0 aliphatic rings. The van der Waals surface area contributed by atoms with Crippen LogP contribution in [0.15, 0.2) is 30.3 Å². The summed E-state index contributed by atoms with van der Waals surface area (Å²) in [6.07, 6.45) is -13.3. The molecule has 0 bridgehead atoms. The predicted octanol–water partition coefficient (Wildman–Crippen LogP) is 7.00. The molecule has 0 aliphatic heterocycles. The molecule has 9 heteroatoms. The number of benzene rings is 2. The van der Waals surface area contributed by atoms with Gasteiger partial charge in [-0.2, -0.15) is 35.1 Å². The van der Waals surface area contributed by atoms with E-state index in [9.17, 15) is 35.1 Å². The molecule has 153 valence electrons. The highest BCUT2D eigenvalue weighted by Gasteiger charge is 2.82. The molecule has 1 radical (unpaired) electrons. The first-order valence-corrected chi connectivity index (χ1v) is 7.86. The summed E-state index contributed by atoms with van der Waals surface area (Å²) >= 11 is 0. The van der Waals surface area contributed by atoms with Crippen LogP contribution in [-0.2, 0) is 5.67 Å². The van der Waals surface area contributed by atoms with Gasteiger partial charge in [0.2, 0.25) is 0 Å². The van der Waals surface area contributed by atoms with Crippen LogP contribution in [-0.4, -0.2) is 18.3 Å². The predicted molar refractivity (Wildman–Crippen MR) is 84.8 cm³/mol. The van der Waals surface area contributed by atoms with Gasteiger partial charge in [-0.05, 0) is 54.7 Å². The average molecular weight is 413 g/mol. The van der Waals surface area contributed by atoms with Crippen LogP contribution < -0.4 is 0 Å². The van der Waals surface area contributed by atoms with Gasteiger partial charge in [-0.3, -0.25) is 0 Å². The molecule has 0 nitrogen and oxygen atoms in total. The van der Waals surface area contributed by atoms with E-state index in [2.05, 4.69) is 6.07 Å². The molecule has 28 heavy (non-hydrogen) atoms. The number of alkyl halides is 9. The molecule has 0 heterocycles. The minimum atomic E-state index is -6.78. The Labute approximate surface area is 155 Å². The highest BCUT2D eigenvalue weighted by molar-refractivity contribution is 5.75. The van der Waals surface area contributed by atoms with Gasteiger partial charge >= 0.3 is 23.9 Å². The Hall–Kier alpha value is -2.19. The molecule has 0 saturated heterocycles. The molecule has 2 rings (SSSR count). The lowest BCUT2D eigenvalue weighted by molar-refractivity contribution is -0.389. The van der Waals surface area contributed by atoms with Gasteiger partial charge in [0.05, 0.1) is 0 Å². The fourth-order valence-corrected chi connectivity index (χ4v) is 3.05. The fourth-order valence-electron chi connectivity index (χ4n) is 3.05. The SMILES string of the molecule is Cc1[c]c(C)c(-c2ccccc2C)c(C(F)(C(F)(F)F)C(F)(F)C(F)(F)F)c1. The summed E-state index contributed by atoms with van der Waals surface area (Å²) in [5.74, 6) is -6.73. The molecule has 0 aromatic heterocycles. The summed E-state index contributed by atoms with van der Waals surface area (Å²) in [4.78, 5) is 0. The topological polar surface area (TPSA) is 0 Å². The van der Waals surface area contributed by atoms with E-state index in [0.29, 0.717) is 6.07 Å². The summed E-state index contributed by atoms with van der Waals surface area (Å²) in [6.45, 7) is 3.70. The van der Waals surface area contributed by atoms with Crippen LogP contribution in [0.25, 0.3) is 11.1 Å². The number of rotatable bonds is 3. The monoisotopic (exact) mass is 413 g/mol. The van der Waals surface area contributed by atoms with Crippen LogP contribution in [0.3, 0.4) is 0 Å². The summed E-state index contributed by atoms with van der Waals surface area (Å²) in [6, 6.07) is 8.36. The Morgan fingerprint density at radius 1 is 0.750 bits per heavy atom. The van der Waals surface area contributed by atoms with E-state index in [1.54, 1.807) is 0 Å². The number of hydrogen-bond acceptors (Lipinski definition) is 0. The smallest absolute Gasteiger partial charge is 0.221 e. The van der Waals surface area contributed by atoms with Crippen LogP contribution in [0, 0.1) is 26.8 Å².